The van der Waals surface area contributed by atoms with E-state index in [4.69, 9.17) is 0 Å². The summed E-state index contributed by atoms with van der Waals surface area (Å²) in [6.45, 7) is 12.7. The number of likely N-dealkylation sites (N-methyl/N-ethyl adjacent to an activating group) is 2. The van der Waals surface area contributed by atoms with E-state index < -0.39 is 0 Å². The van der Waals surface area contributed by atoms with Crippen molar-refractivity contribution in [3.05, 3.63) is 24.0 Å². The van der Waals surface area contributed by atoms with Crippen LogP contribution in [-0.4, -0.2) is 37.8 Å². The van der Waals surface area contributed by atoms with Gasteiger partial charge in [-0.15, -0.1) is 0 Å². The van der Waals surface area contributed by atoms with Crippen molar-refractivity contribution in [1.29, 1.82) is 0 Å². The van der Waals surface area contributed by atoms with Gasteiger partial charge < -0.3 is 10.2 Å². The summed E-state index contributed by atoms with van der Waals surface area (Å²) in [4.78, 5) is 6.37. The smallest absolute Gasteiger partial charge is 0.0506 e. The lowest BCUT2D eigenvalue weighted by molar-refractivity contribution is 0.429. The molecule has 0 unspecified atom stereocenters. The maximum absolute atomic E-state index is 4.20. The Labute approximate surface area is 93.6 Å². The van der Waals surface area contributed by atoms with E-state index >= 15 is 0 Å². The molecule has 0 saturated carbocycles. The highest BCUT2D eigenvalue weighted by atomic mass is 15.1. The molecule has 0 aliphatic carbocycles. The average Bonchev–Trinajstić information content (AvgIpc) is 2.18. The Kier molecular flexibility index (Phi) is 7.64. The second-order valence-corrected chi connectivity index (χ2v) is 3.48. The quantitative estimate of drug-likeness (QED) is 0.513. The zero-order chi connectivity index (χ0) is 11.7. The van der Waals surface area contributed by atoms with E-state index in [1.165, 1.54) is 0 Å². The van der Waals surface area contributed by atoms with Crippen LogP contribution in [-0.2, 0) is 0 Å². The molecule has 0 aliphatic rings. The molecule has 0 aromatic heterocycles. The van der Waals surface area contributed by atoms with Gasteiger partial charge in [-0.3, -0.25) is 4.99 Å². The minimum Gasteiger partial charge on any atom is -0.372 e. The van der Waals surface area contributed by atoms with E-state index in [1.807, 2.05) is 20.1 Å². The maximum atomic E-state index is 4.20. The highest BCUT2D eigenvalue weighted by molar-refractivity contribution is 5.78. The molecule has 3 nitrogen and oxygen atoms in total. The van der Waals surface area contributed by atoms with Gasteiger partial charge in [-0.25, -0.2) is 0 Å². The Balaban J connectivity index is 4.11. The van der Waals surface area contributed by atoms with Gasteiger partial charge in [-0.1, -0.05) is 19.6 Å². The second kappa shape index (κ2) is 8.24. The summed E-state index contributed by atoms with van der Waals surface area (Å²) in [5, 5.41) is 3.29. The minimum atomic E-state index is 0.828. The number of nitrogens with zero attached hydrogens (tertiary/aromatic N) is 2. The fourth-order valence-corrected chi connectivity index (χ4v) is 1.12. The zero-order valence-electron chi connectivity index (χ0n) is 10.4. The summed E-state index contributed by atoms with van der Waals surface area (Å²) in [6, 6.07) is 0. The van der Waals surface area contributed by atoms with E-state index in [1.54, 1.807) is 0 Å². The fourth-order valence-electron chi connectivity index (χ4n) is 1.12. The zero-order valence-corrected chi connectivity index (χ0v) is 10.4. The predicted octanol–water partition coefficient (Wildman–Crippen LogP) is 2.04. The van der Waals surface area contributed by atoms with Crippen LogP contribution in [0.3, 0.4) is 0 Å². The van der Waals surface area contributed by atoms with Crippen molar-refractivity contribution in [1.82, 2.24) is 10.2 Å². The molecule has 86 valence electrons. The van der Waals surface area contributed by atoms with Crippen molar-refractivity contribution >= 4 is 6.21 Å². The molecule has 0 aliphatic heterocycles. The number of aliphatic imine (C=N–C) groups is 1. The number of hydrogen-bond acceptors (Lipinski definition) is 3. The van der Waals surface area contributed by atoms with Gasteiger partial charge in [-0.2, -0.15) is 0 Å². The van der Waals surface area contributed by atoms with Gasteiger partial charge in [0.15, 0.2) is 0 Å². The van der Waals surface area contributed by atoms with Crippen molar-refractivity contribution < 1.29 is 0 Å². The third-order valence-electron chi connectivity index (χ3n) is 2.03. The van der Waals surface area contributed by atoms with Crippen LogP contribution < -0.4 is 5.32 Å². The van der Waals surface area contributed by atoms with Crippen molar-refractivity contribution in [2.45, 2.75) is 20.8 Å². The molecule has 3 heteroatoms. The highest BCUT2D eigenvalue weighted by Crippen LogP contribution is 1.99. The molecule has 15 heavy (non-hydrogen) atoms. The molecule has 0 rings (SSSR count). The van der Waals surface area contributed by atoms with Gasteiger partial charge in [0.05, 0.1) is 11.9 Å². The molecule has 0 heterocycles. The van der Waals surface area contributed by atoms with Crippen LogP contribution >= 0.6 is 0 Å². The Morgan fingerprint density at radius 2 is 2.20 bits per heavy atom. The van der Waals surface area contributed by atoms with Crippen molar-refractivity contribution in [2.75, 3.05) is 26.7 Å². The van der Waals surface area contributed by atoms with Gasteiger partial charge in [0, 0.05) is 25.8 Å². The SMILES string of the molecule is C=C(C)N=C/C(=C\C)N(C)CCNCC. The van der Waals surface area contributed by atoms with E-state index in [-0.39, 0.29) is 0 Å². The monoisotopic (exact) mass is 209 g/mol. The van der Waals surface area contributed by atoms with Gasteiger partial charge in [0.2, 0.25) is 0 Å². The third kappa shape index (κ3) is 6.91. The van der Waals surface area contributed by atoms with Crippen molar-refractivity contribution in [2.24, 2.45) is 4.99 Å². The number of allylic oxidation sites excluding steroid dienone is 3. The summed E-state index contributed by atoms with van der Waals surface area (Å²) in [5.41, 5.74) is 1.95. The Morgan fingerprint density at radius 3 is 2.67 bits per heavy atom. The molecule has 1 N–H and O–H groups in total. The first-order chi connectivity index (χ1) is 7.11. The normalized spacial score (nSPS) is 12.1. The predicted molar refractivity (Wildman–Crippen MR) is 68.2 cm³/mol. The summed E-state index contributed by atoms with van der Waals surface area (Å²) < 4.78 is 0. The largest absolute Gasteiger partial charge is 0.372 e. The molecule has 0 radical (unpaired) electrons. The van der Waals surface area contributed by atoms with Crippen LogP contribution in [0.5, 0.6) is 0 Å². The van der Waals surface area contributed by atoms with E-state index in [2.05, 4.69) is 41.8 Å². The van der Waals surface area contributed by atoms with E-state index in [9.17, 15) is 0 Å². The first-order valence-electron chi connectivity index (χ1n) is 5.39. The maximum Gasteiger partial charge on any atom is 0.0506 e. The number of rotatable bonds is 7. The molecule has 0 saturated heterocycles. The van der Waals surface area contributed by atoms with Crippen molar-refractivity contribution in [3.63, 3.8) is 0 Å². The van der Waals surface area contributed by atoms with Crippen LogP contribution in [0.1, 0.15) is 20.8 Å². The number of hydrogen-bond donors (Lipinski definition) is 1. The standard InChI is InChI=1S/C12H23N3/c1-6-12(10-14-11(3)4)15(5)9-8-13-7-2/h6,10,13H,3,7-9H2,1-2,4-5H3/b12-6+,14-10?. The van der Waals surface area contributed by atoms with Crippen LogP contribution in [0, 0.1) is 0 Å². The minimum absolute atomic E-state index is 0.828. The highest BCUT2D eigenvalue weighted by Gasteiger charge is 1.99. The lowest BCUT2D eigenvalue weighted by atomic mass is 10.3. The first kappa shape index (κ1) is 13.9. The number of nitrogens with one attached hydrogen (secondary N) is 1. The summed E-state index contributed by atoms with van der Waals surface area (Å²) >= 11 is 0. The lowest BCUT2D eigenvalue weighted by Crippen LogP contribution is -2.29. The molecule has 0 bridgehead atoms. The molecule has 0 spiro atoms. The van der Waals surface area contributed by atoms with Gasteiger partial charge in [0.1, 0.15) is 0 Å². The Bertz CT molecular complexity index is 241. The topological polar surface area (TPSA) is 27.6 Å². The van der Waals surface area contributed by atoms with Gasteiger partial charge >= 0.3 is 0 Å². The van der Waals surface area contributed by atoms with Crippen molar-refractivity contribution in [3.8, 4) is 0 Å². The molecule has 0 fully saturated rings. The Hall–Kier alpha value is -1.09. The van der Waals surface area contributed by atoms with Crippen LogP contribution in [0.4, 0.5) is 0 Å². The second-order valence-electron chi connectivity index (χ2n) is 3.48. The lowest BCUT2D eigenvalue weighted by Gasteiger charge is -2.19. The summed E-state index contributed by atoms with van der Waals surface area (Å²) in [5.74, 6) is 0. The molecule has 0 aromatic carbocycles. The first-order valence-corrected chi connectivity index (χ1v) is 5.39. The van der Waals surface area contributed by atoms with Crippen LogP contribution in [0.25, 0.3) is 0 Å². The molecule has 0 atom stereocenters. The average molecular weight is 209 g/mol. The molecular weight excluding hydrogens is 186 g/mol. The van der Waals surface area contributed by atoms with Crippen LogP contribution in [0.15, 0.2) is 29.0 Å². The van der Waals surface area contributed by atoms with Crippen LogP contribution in [0.2, 0.25) is 0 Å². The van der Waals surface area contributed by atoms with E-state index in [0.29, 0.717) is 0 Å². The molecule has 0 amide bonds. The summed E-state index contributed by atoms with van der Waals surface area (Å²) in [6.07, 6.45) is 3.91. The van der Waals surface area contributed by atoms with Gasteiger partial charge in [-0.05, 0) is 20.4 Å². The van der Waals surface area contributed by atoms with Gasteiger partial charge in [0.25, 0.3) is 0 Å². The fraction of sp³-hybridized carbons (Fsp3) is 0.583. The summed E-state index contributed by atoms with van der Waals surface area (Å²) in [7, 11) is 2.07. The molecular formula is C12H23N3. The molecule has 0 aromatic rings. The van der Waals surface area contributed by atoms with E-state index in [0.717, 1.165) is 31.0 Å². The Morgan fingerprint density at radius 1 is 1.53 bits per heavy atom. The third-order valence-corrected chi connectivity index (χ3v) is 2.03.